The van der Waals surface area contributed by atoms with Crippen LogP contribution in [0.4, 0.5) is 0 Å². The van der Waals surface area contributed by atoms with Crippen molar-refractivity contribution in [3.8, 4) is 0 Å². The van der Waals surface area contributed by atoms with Gasteiger partial charge in [0.25, 0.3) is 0 Å². The molecule has 0 radical (unpaired) electrons. The van der Waals surface area contributed by atoms with Gasteiger partial charge in [0.15, 0.2) is 0 Å². The van der Waals surface area contributed by atoms with Gasteiger partial charge in [0.1, 0.15) is 6.61 Å². The number of nitrogens with zero attached hydrogens (tertiary/aromatic N) is 1. The second-order valence-electron chi connectivity index (χ2n) is 6.09. The number of carbonyl (C=O) groups is 1. The molecule has 0 saturated heterocycles. The number of nitroso groups, excluding NO2 is 1. The monoisotopic (exact) mass is 319 g/mol. The van der Waals surface area contributed by atoms with E-state index >= 15 is 0 Å². The summed E-state index contributed by atoms with van der Waals surface area (Å²) in [6.45, 7) is 1.98. The third-order valence-corrected chi connectivity index (χ3v) is 4.53. The average Bonchev–Trinajstić information content (AvgIpc) is 2.59. The molecule has 0 aliphatic heterocycles. The van der Waals surface area contributed by atoms with Gasteiger partial charge in [-0.25, -0.2) is 4.79 Å². The van der Waals surface area contributed by atoms with Crippen LogP contribution in [0, 0.1) is 10.8 Å². The first-order chi connectivity index (χ1) is 11.2. The summed E-state index contributed by atoms with van der Waals surface area (Å²) in [6.07, 6.45) is 4.17. The van der Waals surface area contributed by atoms with E-state index in [0.29, 0.717) is 6.42 Å². The molecule has 1 aromatic rings. The summed E-state index contributed by atoms with van der Waals surface area (Å²) in [4.78, 5) is 22.5. The van der Waals surface area contributed by atoms with E-state index in [9.17, 15) is 9.70 Å². The van der Waals surface area contributed by atoms with Crippen molar-refractivity contribution in [3.05, 3.63) is 40.3 Å². The molecule has 2 rings (SSSR count). The molecular formula is C18H25NO4. The first-order valence-corrected chi connectivity index (χ1v) is 8.28. The summed E-state index contributed by atoms with van der Waals surface area (Å²) < 4.78 is 10.6. The Balaban J connectivity index is 2.15. The fourth-order valence-electron chi connectivity index (χ4n) is 3.37. The first-order valence-electron chi connectivity index (χ1n) is 8.28. The van der Waals surface area contributed by atoms with Gasteiger partial charge >= 0.3 is 5.97 Å². The molecule has 1 aromatic carbocycles. The van der Waals surface area contributed by atoms with Crippen LogP contribution in [-0.4, -0.2) is 25.7 Å². The molecule has 0 saturated carbocycles. The molecule has 126 valence electrons. The Morgan fingerprint density at radius 2 is 2.17 bits per heavy atom. The summed E-state index contributed by atoms with van der Waals surface area (Å²) in [5, 5.41) is 3.28. The Kier molecular flexibility index (Phi) is 6.71. The summed E-state index contributed by atoms with van der Waals surface area (Å²) in [7, 11) is 1.35. The molecule has 0 fully saturated rings. The van der Waals surface area contributed by atoms with Crippen LogP contribution in [-0.2, 0) is 20.7 Å². The van der Waals surface area contributed by atoms with E-state index < -0.39 is 0 Å². The molecule has 0 aromatic heterocycles. The fourth-order valence-corrected chi connectivity index (χ4v) is 3.37. The van der Waals surface area contributed by atoms with Crippen molar-refractivity contribution in [1.29, 1.82) is 0 Å². The van der Waals surface area contributed by atoms with Crippen molar-refractivity contribution >= 4 is 5.97 Å². The molecule has 0 N–H and O–H groups in total. The summed E-state index contributed by atoms with van der Waals surface area (Å²) in [5.41, 5.74) is 2.37. The zero-order valence-corrected chi connectivity index (χ0v) is 13.9. The zero-order valence-electron chi connectivity index (χ0n) is 13.9. The van der Waals surface area contributed by atoms with Crippen LogP contribution < -0.4 is 0 Å². The Bertz CT molecular complexity index is 532. The molecule has 0 spiro atoms. The standard InChI is InChI=1S/C18H25NO4/c1-3-6-15(19-21)11-14-10-9-13-7-4-5-8-16(13)18(14)23-12-17(20)22-2/h4-5,7-8,14-15,18H,3,6,9-12H2,1-2H3. The Morgan fingerprint density at radius 3 is 2.87 bits per heavy atom. The minimum absolute atomic E-state index is 0.0705. The van der Waals surface area contributed by atoms with Gasteiger partial charge in [0.05, 0.1) is 19.3 Å². The molecule has 23 heavy (non-hydrogen) atoms. The lowest BCUT2D eigenvalue weighted by molar-refractivity contribution is -0.149. The zero-order chi connectivity index (χ0) is 16.7. The van der Waals surface area contributed by atoms with Gasteiger partial charge in [-0.05, 0) is 42.7 Å². The molecule has 1 aliphatic carbocycles. The minimum atomic E-state index is -0.384. The van der Waals surface area contributed by atoms with Gasteiger partial charge in [0, 0.05) is 0 Å². The lowest BCUT2D eigenvalue weighted by atomic mass is 9.78. The number of hydrogen-bond donors (Lipinski definition) is 0. The highest BCUT2D eigenvalue weighted by Gasteiger charge is 2.32. The fraction of sp³-hybridized carbons (Fsp3) is 0.611. The molecule has 0 bridgehead atoms. The minimum Gasteiger partial charge on any atom is -0.467 e. The number of fused-ring (bicyclic) bond motifs is 1. The van der Waals surface area contributed by atoms with Crippen LogP contribution in [0.25, 0.3) is 0 Å². The van der Waals surface area contributed by atoms with E-state index in [1.807, 2.05) is 18.2 Å². The first kappa shape index (κ1) is 17.6. The molecule has 5 heteroatoms. The second-order valence-corrected chi connectivity index (χ2v) is 6.09. The molecule has 0 heterocycles. The topological polar surface area (TPSA) is 65.0 Å². The van der Waals surface area contributed by atoms with Crippen molar-refractivity contribution in [1.82, 2.24) is 0 Å². The quantitative estimate of drug-likeness (QED) is 0.540. The molecule has 0 amide bonds. The van der Waals surface area contributed by atoms with E-state index in [1.165, 1.54) is 12.7 Å². The van der Waals surface area contributed by atoms with Crippen LogP contribution in [0.2, 0.25) is 0 Å². The molecule has 3 unspecified atom stereocenters. The number of hydrogen-bond acceptors (Lipinski definition) is 5. The summed E-state index contributed by atoms with van der Waals surface area (Å²) >= 11 is 0. The highest BCUT2D eigenvalue weighted by molar-refractivity contribution is 5.70. The Morgan fingerprint density at radius 1 is 1.39 bits per heavy atom. The number of carbonyl (C=O) groups excluding carboxylic acids is 1. The van der Waals surface area contributed by atoms with Gasteiger partial charge in [-0.3, -0.25) is 0 Å². The van der Waals surface area contributed by atoms with Crippen molar-refractivity contribution in [2.24, 2.45) is 11.1 Å². The number of benzene rings is 1. The van der Waals surface area contributed by atoms with Gasteiger partial charge in [-0.2, -0.15) is 4.91 Å². The van der Waals surface area contributed by atoms with E-state index in [2.05, 4.69) is 22.9 Å². The average molecular weight is 319 g/mol. The lowest BCUT2D eigenvalue weighted by Crippen LogP contribution is -2.28. The van der Waals surface area contributed by atoms with E-state index in [1.54, 1.807) is 0 Å². The third-order valence-electron chi connectivity index (χ3n) is 4.53. The van der Waals surface area contributed by atoms with Gasteiger partial charge in [0.2, 0.25) is 0 Å². The molecule has 1 aliphatic rings. The van der Waals surface area contributed by atoms with Crippen molar-refractivity contribution < 1.29 is 14.3 Å². The van der Waals surface area contributed by atoms with Gasteiger partial charge in [-0.15, -0.1) is 0 Å². The second kappa shape index (κ2) is 8.77. The van der Waals surface area contributed by atoms with Crippen molar-refractivity contribution in [3.63, 3.8) is 0 Å². The molecule has 3 atom stereocenters. The predicted octanol–water partition coefficient (Wildman–Crippen LogP) is 3.80. The van der Waals surface area contributed by atoms with E-state index in [0.717, 1.165) is 31.2 Å². The highest BCUT2D eigenvalue weighted by atomic mass is 16.6. The number of rotatable bonds is 8. The van der Waals surface area contributed by atoms with E-state index in [4.69, 9.17) is 4.74 Å². The smallest absolute Gasteiger partial charge is 0.331 e. The Labute approximate surface area is 137 Å². The number of esters is 1. The maximum absolute atomic E-state index is 11.4. The van der Waals surface area contributed by atoms with Crippen LogP contribution in [0.15, 0.2) is 29.4 Å². The van der Waals surface area contributed by atoms with Crippen molar-refractivity contribution in [2.75, 3.05) is 13.7 Å². The van der Waals surface area contributed by atoms with Crippen LogP contribution >= 0.6 is 0 Å². The lowest BCUT2D eigenvalue weighted by Gasteiger charge is -2.34. The maximum Gasteiger partial charge on any atom is 0.331 e. The van der Waals surface area contributed by atoms with Crippen LogP contribution in [0.1, 0.15) is 49.8 Å². The number of ether oxygens (including phenoxy) is 2. The predicted molar refractivity (Wildman–Crippen MR) is 88.1 cm³/mol. The highest BCUT2D eigenvalue weighted by Crippen LogP contribution is 2.40. The number of methoxy groups -OCH3 is 1. The molecule has 5 nitrogen and oxygen atoms in total. The van der Waals surface area contributed by atoms with Crippen molar-refractivity contribution in [2.45, 2.75) is 51.2 Å². The molecular weight excluding hydrogens is 294 g/mol. The normalized spacial score (nSPS) is 21.3. The largest absolute Gasteiger partial charge is 0.467 e. The van der Waals surface area contributed by atoms with Gasteiger partial charge in [-0.1, -0.05) is 42.8 Å². The third kappa shape index (κ3) is 4.61. The Hall–Kier alpha value is -1.75. The number of aryl methyl sites for hydroxylation is 1. The maximum atomic E-state index is 11.4. The van der Waals surface area contributed by atoms with Crippen LogP contribution in [0.5, 0.6) is 0 Å². The summed E-state index contributed by atoms with van der Waals surface area (Å²) in [6, 6.07) is 7.97. The van der Waals surface area contributed by atoms with Gasteiger partial charge < -0.3 is 9.47 Å². The van der Waals surface area contributed by atoms with Crippen LogP contribution in [0.3, 0.4) is 0 Å². The summed E-state index contributed by atoms with van der Waals surface area (Å²) in [5.74, 6) is -0.186. The SMILES string of the molecule is CCCC(CC1CCc2ccccc2C1OCC(=O)OC)N=O. The van der Waals surface area contributed by atoms with E-state index in [-0.39, 0.29) is 30.6 Å².